The van der Waals surface area contributed by atoms with E-state index in [1.807, 2.05) is 39.0 Å². The van der Waals surface area contributed by atoms with Crippen molar-refractivity contribution in [2.45, 2.75) is 26.8 Å². The molecule has 0 saturated carbocycles. The zero-order chi connectivity index (χ0) is 13.6. The van der Waals surface area contributed by atoms with Crippen molar-refractivity contribution >= 4 is 17.3 Å². The molecule has 0 aliphatic carbocycles. The van der Waals surface area contributed by atoms with Gasteiger partial charge in [-0.25, -0.2) is 0 Å². The Hall–Kier alpha value is -2.30. The molecular weight excluding hydrogens is 240 g/mol. The fourth-order valence-corrected chi connectivity index (χ4v) is 2.43. The van der Waals surface area contributed by atoms with Gasteiger partial charge in [-0.2, -0.15) is 5.10 Å². The topological polar surface area (TPSA) is 69.8 Å². The number of hydrogen-bond acceptors (Lipinski definition) is 3. The second kappa shape index (κ2) is 4.12. The first-order chi connectivity index (χ1) is 9.06. The molecule has 5 nitrogen and oxygen atoms in total. The molecule has 1 atom stereocenters. The zero-order valence-electron chi connectivity index (χ0n) is 11.2. The molecule has 1 amide bonds. The number of carbonyl (C=O) groups excluding carboxylic acids is 1. The molecule has 0 fully saturated rings. The van der Waals surface area contributed by atoms with Crippen molar-refractivity contribution in [2.24, 2.45) is 0 Å². The molecule has 5 heteroatoms. The van der Waals surface area contributed by atoms with Gasteiger partial charge in [0.25, 0.3) is 5.91 Å². The van der Waals surface area contributed by atoms with Crippen molar-refractivity contribution in [1.82, 2.24) is 10.2 Å². The van der Waals surface area contributed by atoms with E-state index in [1.165, 1.54) is 0 Å². The predicted octanol–water partition coefficient (Wildman–Crippen LogP) is 2.44. The van der Waals surface area contributed by atoms with Gasteiger partial charge in [0.15, 0.2) is 0 Å². The number of rotatable bonds is 2. The third-order valence-electron chi connectivity index (χ3n) is 3.45. The summed E-state index contributed by atoms with van der Waals surface area (Å²) in [4.78, 5) is 12.1. The Balaban J connectivity index is 1.99. The van der Waals surface area contributed by atoms with Gasteiger partial charge in [0.1, 0.15) is 6.04 Å². The first kappa shape index (κ1) is 11.8. The number of nitrogens with one attached hydrogen (secondary N) is 3. The highest BCUT2D eigenvalue weighted by Crippen LogP contribution is 2.34. The third kappa shape index (κ3) is 1.87. The van der Waals surface area contributed by atoms with Crippen LogP contribution in [0, 0.1) is 20.8 Å². The molecule has 98 valence electrons. The van der Waals surface area contributed by atoms with Gasteiger partial charge in [-0.3, -0.25) is 9.89 Å². The fourth-order valence-electron chi connectivity index (χ4n) is 2.43. The minimum Gasteiger partial charge on any atom is -0.367 e. The number of aryl methyl sites for hydroxylation is 3. The van der Waals surface area contributed by atoms with Gasteiger partial charge < -0.3 is 10.6 Å². The van der Waals surface area contributed by atoms with Crippen LogP contribution in [0.4, 0.5) is 11.4 Å². The summed E-state index contributed by atoms with van der Waals surface area (Å²) in [5.74, 6) is -0.0272. The summed E-state index contributed by atoms with van der Waals surface area (Å²) in [5.41, 5.74) is 5.71. The highest BCUT2D eigenvalue weighted by Gasteiger charge is 2.31. The largest absolute Gasteiger partial charge is 0.367 e. The van der Waals surface area contributed by atoms with Crippen molar-refractivity contribution in [1.29, 1.82) is 0 Å². The van der Waals surface area contributed by atoms with E-state index < -0.39 is 0 Å². The van der Waals surface area contributed by atoms with Gasteiger partial charge in [0.2, 0.25) is 0 Å². The van der Waals surface area contributed by atoms with Crippen molar-refractivity contribution in [3.05, 3.63) is 40.7 Å². The summed E-state index contributed by atoms with van der Waals surface area (Å²) in [6, 6.07) is 5.62. The molecule has 1 aromatic carbocycles. The van der Waals surface area contributed by atoms with E-state index in [0.717, 1.165) is 33.9 Å². The smallest absolute Gasteiger partial charge is 0.251 e. The standard InChI is InChI=1S/C14H16N4O/c1-7-4-5-11-10(6-7)13(14(19)15-11)16-12-8(2)17-18-9(12)3/h4-6,13,16H,1-3H3,(H,15,19)(H,17,18). The third-order valence-corrected chi connectivity index (χ3v) is 3.45. The Morgan fingerprint density at radius 3 is 2.74 bits per heavy atom. The molecule has 1 unspecified atom stereocenters. The number of anilines is 2. The van der Waals surface area contributed by atoms with Gasteiger partial charge in [-0.1, -0.05) is 17.7 Å². The number of aromatic nitrogens is 2. The summed E-state index contributed by atoms with van der Waals surface area (Å²) >= 11 is 0. The average Bonchev–Trinajstić information content (AvgIpc) is 2.84. The highest BCUT2D eigenvalue weighted by atomic mass is 16.2. The van der Waals surface area contributed by atoms with Crippen LogP contribution in [0.3, 0.4) is 0 Å². The second-order valence-electron chi connectivity index (χ2n) is 4.97. The van der Waals surface area contributed by atoms with Gasteiger partial charge in [0.05, 0.1) is 17.1 Å². The van der Waals surface area contributed by atoms with Crippen LogP contribution in [0.5, 0.6) is 0 Å². The molecule has 0 radical (unpaired) electrons. The lowest BCUT2D eigenvalue weighted by molar-refractivity contribution is -0.116. The summed E-state index contributed by atoms with van der Waals surface area (Å²) < 4.78 is 0. The number of fused-ring (bicyclic) bond motifs is 1. The van der Waals surface area contributed by atoms with Crippen LogP contribution in [0.25, 0.3) is 0 Å². The molecule has 3 rings (SSSR count). The maximum atomic E-state index is 12.1. The molecule has 0 spiro atoms. The SMILES string of the molecule is Cc1ccc2c(c1)C(Nc1c(C)n[nH]c1C)C(=O)N2. The number of amides is 1. The van der Waals surface area contributed by atoms with Gasteiger partial charge in [-0.05, 0) is 26.8 Å². The van der Waals surface area contributed by atoms with E-state index in [4.69, 9.17) is 0 Å². The number of benzene rings is 1. The molecule has 0 saturated heterocycles. The normalized spacial score (nSPS) is 17.2. The second-order valence-corrected chi connectivity index (χ2v) is 4.97. The minimum absolute atomic E-state index is 0.0272. The monoisotopic (exact) mass is 256 g/mol. The number of hydrogen-bond donors (Lipinski definition) is 3. The van der Waals surface area contributed by atoms with Crippen molar-refractivity contribution in [2.75, 3.05) is 10.6 Å². The Labute approximate surface area is 111 Å². The van der Waals surface area contributed by atoms with Gasteiger partial charge in [0, 0.05) is 11.3 Å². The Morgan fingerprint density at radius 1 is 1.26 bits per heavy atom. The van der Waals surface area contributed by atoms with Crippen LogP contribution in [0.15, 0.2) is 18.2 Å². The van der Waals surface area contributed by atoms with Crippen LogP contribution in [0.1, 0.15) is 28.6 Å². The molecule has 1 aliphatic heterocycles. The molecule has 3 N–H and O–H groups in total. The number of carbonyl (C=O) groups is 1. The minimum atomic E-state index is -0.357. The maximum Gasteiger partial charge on any atom is 0.251 e. The first-order valence-corrected chi connectivity index (χ1v) is 6.26. The maximum absolute atomic E-state index is 12.1. The van der Waals surface area contributed by atoms with E-state index in [-0.39, 0.29) is 11.9 Å². The lowest BCUT2D eigenvalue weighted by Crippen LogP contribution is -2.20. The van der Waals surface area contributed by atoms with Crippen LogP contribution in [-0.4, -0.2) is 16.1 Å². The van der Waals surface area contributed by atoms with Gasteiger partial charge >= 0.3 is 0 Å². The summed E-state index contributed by atoms with van der Waals surface area (Å²) in [7, 11) is 0. The van der Waals surface area contributed by atoms with E-state index in [1.54, 1.807) is 0 Å². The van der Waals surface area contributed by atoms with Crippen molar-refractivity contribution in [3.63, 3.8) is 0 Å². The zero-order valence-corrected chi connectivity index (χ0v) is 11.2. The molecule has 0 bridgehead atoms. The molecule has 2 aromatic rings. The molecule has 2 heterocycles. The molecular formula is C14H16N4O. The lowest BCUT2D eigenvalue weighted by atomic mass is 10.0. The van der Waals surface area contributed by atoms with E-state index >= 15 is 0 Å². The number of aromatic amines is 1. The van der Waals surface area contributed by atoms with E-state index in [9.17, 15) is 4.79 Å². The number of nitrogens with zero attached hydrogens (tertiary/aromatic N) is 1. The molecule has 1 aromatic heterocycles. The van der Waals surface area contributed by atoms with Crippen molar-refractivity contribution < 1.29 is 4.79 Å². The molecule has 19 heavy (non-hydrogen) atoms. The quantitative estimate of drug-likeness (QED) is 0.773. The van der Waals surface area contributed by atoms with Crippen LogP contribution < -0.4 is 10.6 Å². The Kier molecular flexibility index (Phi) is 2.55. The van der Waals surface area contributed by atoms with Crippen LogP contribution in [-0.2, 0) is 4.79 Å². The van der Waals surface area contributed by atoms with E-state index in [0.29, 0.717) is 0 Å². The first-order valence-electron chi connectivity index (χ1n) is 6.26. The van der Waals surface area contributed by atoms with Crippen LogP contribution >= 0.6 is 0 Å². The summed E-state index contributed by atoms with van der Waals surface area (Å²) in [6.45, 7) is 5.87. The fraction of sp³-hybridized carbons (Fsp3) is 0.286. The summed E-state index contributed by atoms with van der Waals surface area (Å²) in [5, 5.41) is 13.2. The number of H-pyrrole nitrogens is 1. The predicted molar refractivity (Wildman–Crippen MR) is 74.2 cm³/mol. The highest BCUT2D eigenvalue weighted by molar-refractivity contribution is 6.04. The van der Waals surface area contributed by atoms with Crippen LogP contribution in [0.2, 0.25) is 0 Å². The Bertz CT molecular complexity index is 640. The summed E-state index contributed by atoms with van der Waals surface area (Å²) in [6.07, 6.45) is 0. The van der Waals surface area contributed by atoms with E-state index in [2.05, 4.69) is 20.8 Å². The Morgan fingerprint density at radius 2 is 2.05 bits per heavy atom. The average molecular weight is 256 g/mol. The van der Waals surface area contributed by atoms with Crippen molar-refractivity contribution in [3.8, 4) is 0 Å². The molecule has 1 aliphatic rings. The lowest BCUT2D eigenvalue weighted by Gasteiger charge is -2.13. The van der Waals surface area contributed by atoms with Gasteiger partial charge in [-0.15, -0.1) is 0 Å².